The van der Waals surface area contributed by atoms with Gasteiger partial charge in [-0.25, -0.2) is 9.67 Å². The monoisotopic (exact) mass is 425 g/mol. The van der Waals surface area contributed by atoms with Crippen LogP contribution in [-0.4, -0.2) is 51.8 Å². The van der Waals surface area contributed by atoms with Crippen LogP contribution >= 0.6 is 0 Å². The van der Waals surface area contributed by atoms with Crippen molar-refractivity contribution in [2.45, 2.75) is 20.8 Å². The minimum absolute atomic E-state index is 0.0443. The van der Waals surface area contributed by atoms with Crippen molar-refractivity contribution in [2.75, 3.05) is 31.1 Å². The van der Waals surface area contributed by atoms with E-state index in [2.05, 4.69) is 48.1 Å². The quantitative estimate of drug-likeness (QED) is 0.491. The molecule has 0 unspecified atom stereocenters. The van der Waals surface area contributed by atoms with E-state index < -0.39 is 0 Å². The van der Waals surface area contributed by atoms with Crippen molar-refractivity contribution in [3.8, 4) is 5.69 Å². The molecule has 0 saturated carbocycles. The predicted octanol–water partition coefficient (Wildman–Crippen LogP) is 4.31. The van der Waals surface area contributed by atoms with Gasteiger partial charge in [-0.2, -0.15) is 5.10 Å². The highest BCUT2D eigenvalue weighted by Crippen LogP contribution is 2.26. The van der Waals surface area contributed by atoms with E-state index in [0.717, 1.165) is 35.8 Å². The summed E-state index contributed by atoms with van der Waals surface area (Å²) in [6.07, 6.45) is 1.69. The highest BCUT2D eigenvalue weighted by atomic mass is 16.2. The number of anilines is 1. The van der Waals surface area contributed by atoms with E-state index in [1.165, 1.54) is 16.5 Å². The number of carbonyl (C=O) groups is 1. The van der Waals surface area contributed by atoms with Crippen molar-refractivity contribution in [3.05, 3.63) is 83.2 Å². The van der Waals surface area contributed by atoms with Crippen LogP contribution in [0.4, 0.5) is 5.82 Å². The highest BCUT2D eigenvalue weighted by Gasteiger charge is 2.26. The third kappa shape index (κ3) is 3.51. The number of benzene rings is 2. The molecule has 162 valence electrons. The predicted molar refractivity (Wildman–Crippen MR) is 128 cm³/mol. The summed E-state index contributed by atoms with van der Waals surface area (Å²) in [6, 6.07) is 18.4. The van der Waals surface area contributed by atoms with Crippen molar-refractivity contribution in [3.63, 3.8) is 0 Å². The molecule has 1 saturated heterocycles. The van der Waals surface area contributed by atoms with Crippen LogP contribution in [0.25, 0.3) is 16.6 Å². The largest absolute Gasteiger partial charge is 0.353 e. The van der Waals surface area contributed by atoms with E-state index in [1.807, 2.05) is 46.8 Å². The highest BCUT2D eigenvalue weighted by molar-refractivity contribution is 5.95. The number of hydrogen-bond acceptors (Lipinski definition) is 4. The van der Waals surface area contributed by atoms with Gasteiger partial charge in [-0.1, -0.05) is 36.4 Å². The smallest absolute Gasteiger partial charge is 0.257 e. The van der Waals surface area contributed by atoms with E-state index in [9.17, 15) is 4.79 Å². The Morgan fingerprint density at radius 3 is 2.38 bits per heavy atom. The first-order valence-electron chi connectivity index (χ1n) is 11.0. The molecule has 0 radical (unpaired) electrons. The number of aryl methyl sites for hydroxylation is 2. The molecule has 6 heteroatoms. The number of fused-ring (bicyclic) bond motifs is 1. The molecule has 1 fully saturated rings. The molecule has 1 aliphatic heterocycles. The first-order valence-corrected chi connectivity index (χ1v) is 11.0. The molecule has 4 aromatic rings. The van der Waals surface area contributed by atoms with E-state index in [4.69, 9.17) is 4.98 Å². The van der Waals surface area contributed by atoms with Crippen molar-refractivity contribution < 1.29 is 4.79 Å². The lowest BCUT2D eigenvalue weighted by atomic mass is 10.1. The summed E-state index contributed by atoms with van der Waals surface area (Å²) in [5, 5.41) is 5.66. The number of aromatic nitrogens is 3. The Bertz CT molecular complexity index is 1290. The van der Waals surface area contributed by atoms with Crippen LogP contribution < -0.4 is 4.90 Å². The second-order valence-corrected chi connectivity index (χ2v) is 8.44. The third-order valence-corrected chi connectivity index (χ3v) is 6.37. The summed E-state index contributed by atoms with van der Waals surface area (Å²) in [5.41, 5.74) is 5.97. The summed E-state index contributed by atoms with van der Waals surface area (Å²) in [6.45, 7) is 9.06. The summed E-state index contributed by atoms with van der Waals surface area (Å²) >= 11 is 0. The SMILES string of the molecule is Cc1cc(N2CCN(C(=O)c3cnn(-c4ccccc4)c3C)CC2)nc2c(C)cccc12. The van der Waals surface area contributed by atoms with Gasteiger partial charge >= 0.3 is 0 Å². The fourth-order valence-electron chi connectivity index (χ4n) is 4.46. The lowest BCUT2D eigenvalue weighted by molar-refractivity contribution is 0.0745. The summed E-state index contributed by atoms with van der Waals surface area (Å²) in [7, 11) is 0. The van der Waals surface area contributed by atoms with Crippen LogP contribution in [0.5, 0.6) is 0 Å². The fourth-order valence-corrected chi connectivity index (χ4v) is 4.46. The van der Waals surface area contributed by atoms with E-state index in [1.54, 1.807) is 6.20 Å². The van der Waals surface area contributed by atoms with Gasteiger partial charge in [0.2, 0.25) is 0 Å². The molecule has 2 aromatic heterocycles. The molecule has 0 bridgehead atoms. The Hall–Kier alpha value is -3.67. The zero-order chi connectivity index (χ0) is 22.2. The summed E-state index contributed by atoms with van der Waals surface area (Å²) in [4.78, 5) is 22.4. The summed E-state index contributed by atoms with van der Waals surface area (Å²) in [5.74, 6) is 1.03. The van der Waals surface area contributed by atoms with Crippen molar-refractivity contribution in [1.29, 1.82) is 0 Å². The number of para-hydroxylation sites is 2. The average molecular weight is 426 g/mol. The zero-order valence-electron chi connectivity index (χ0n) is 18.7. The molecule has 32 heavy (non-hydrogen) atoms. The van der Waals surface area contributed by atoms with Crippen molar-refractivity contribution in [2.24, 2.45) is 0 Å². The fraction of sp³-hybridized carbons (Fsp3) is 0.269. The topological polar surface area (TPSA) is 54.3 Å². The first kappa shape index (κ1) is 20.2. The molecule has 0 N–H and O–H groups in total. The van der Waals surface area contributed by atoms with E-state index >= 15 is 0 Å². The molecule has 5 rings (SSSR count). The summed E-state index contributed by atoms with van der Waals surface area (Å²) < 4.78 is 1.83. The van der Waals surface area contributed by atoms with Gasteiger partial charge in [0, 0.05) is 31.6 Å². The number of hydrogen-bond donors (Lipinski definition) is 0. The van der Waals surface area contributed by atoms with Gasteiger partial charge in [0.15, 0.2) is 0 Å². The lowest BCUT2D eigenvalue weighted by Crippen LogP contribution is -2.49. The van der Waals surface area contributed by atoms with Crippen LogP contribution in [0.2, 0.25) is 0 Å². The molecule has 1 amide bonds. The third-order valence-electron chi connectivity index (χ3n) is 6.37. The Morgan fingerprint density at radius 2 is 1.62 bits per heavy atom. The van der Waals surface area contributed by atoms with Gasteiger partial charge in [0.1, 0.15) is 5.82 Å². The second-order valence-electron chi connectivity index (χ2n) is 8.44. The average Bonchev–Trinajstić information content (AvgIpc) is 3.21. The van der Waals surface area contributed by atoms with Crippen LogP contribution in [0, 0.1) is 20.8 Å². The van der Waals surface area contributed by atoms with Crippen LogP contribution in [0.15, 0.2) is 60.8 Å². The van der Waals surface area contributed by atoms with Crippen LogP contribution in [0.1, 0.15) is 27.2 Å². The first-order chi connectivity index (χ1) is 15.5. The number of amides is 1. The van der Waals surface area contributed by atoms with E-state index in [0.29, 0.717) is 18.7 Å². The molecule has 0 spiro atoms. The Balaban J connectivity index is 1.32. The van der Waals surface area contributed by atoms with Gasteiger partial charge in [-0.05, 0) is 50.1 Å². The Labute approximate surface area is 188 Å². The Kier molecular flexibility index (Phi) is 5.13. The molecule has 6 nitrogen and oxygen atoms in total. The molecule has 1 aliphatic rings. The van der Waals surface area contributed by atoms with Crippen LogP contribution in [0.3, 0.4) is 0 Å². The van der Waals surface area contributed by atoms with Gasteiger partial charge < -0.3 is 9.80 Å². The number of nitrogens with zero attached hydrogens (tertiary/aromatic N) is 5. The minimum atomic E-state index is 0.0443. The van der Waals surface area contributed by atoms with Gasteiger partial charge in [0.05, 0.1) is 28.7 Å². The zero-order valence-corrected chi connectivity index (χ0v) is 18.7. The maximum Gasteiger partial charge on any atom is 0.257 e. The number of piperazine rings is 1. The standard InChI is InChI=1S/C26H27N5O/c1-18-8-7-11-22-19(2)16-24(28-25(18)22)29-12-14-30(15-13-29)26(32)23-17-27-31(20(23)3)21-9-5-4-6-10-21/h4-11,16-17H,12-15H2,1-3H3. The van der Waals surface area contributed by atoms with Gasteiger partial charge in [0.25, 0.3) is 5.91 Å². The molecular formula is C26H27N5O. The maximum absolute atomic E-state index is 13.2. The van der Waals surface area contributed by atoms with Crippen molar-refractivity contribution in [1.82, 2.24) is 19.7 Å². The van der Waals surface area contributed by atoms with Gasteiger partial charge in [-0.15, -0.1) is 0 Å². The molecule has 0 atom stereocenters. The number of carbonyl (C=O) groups excluding carboxylic acids is 1. The normalized spacial score (nSPS) is 14.2. The maximum atomic E-state index is 13.2. The Morgan fingerprint density at radius 1 is 0.875 bits per heavy atom. The van der Waals surface area contributed by atoms with Gasteiger partial charge in [-0.3, -0.25) is 4.79 Å². The number of pyridine rings is 1. The van der Waals surface area contributed by atoms with E-state index in [-0.39, 0.29) is 5.91 Å². The number of rotatable bonds is 3. The minimum Gasteiger partial charge on any atom is -0.353 e. The second kappa shape index (κ2) is 8.11. The molecule has 3 heterocycles. The van der Waals surface area contributed by atoms with Crippen LogP contribution in [-0.2, 0) is 0 Å². The molecule has 0 aliphatic carbocycles. The molecular weight excluding hydrogens is 398 g/mol. The lowest BCUT2D eigenvalue weighted by Gasteiger charge is -2.35. The molecule has 2 aromatic carbocycles. The van der Waals surface area contributed by atoms with Crippen molar-refractivity contribution >= 4 is 22.6 Å².